The molecule has 0 radical (unpaired) electrons. The average Bonchev–Trinajstić information content (AvgIpc) is 3.18. The summed E-state index contributed by atoms with van der Waals surface area (Å²) in [5, 5.41) is 23.8. The first-order chi connectivity index (χ1) is 14.8. The maximum absolute atomic E-state index is 12.7. The van der Waals surface area contributed by atoms with Crippen LogP contribution in [-0.4, -0.2) is 45.0 Å². The minimum absolute atomic E-state index is 0.0913. The van der Waals surface area contributed by atoms with Crippen molar-refractivity contribution < 1.29 is 14.5 Å². The quantitative estimate of drug-likeness (QED) is 0.391. The Morgan fingerprint density at radius 3 is 2.45 bits per heavy atom. The highest BCUT2D eigenvalue weighted by Crippen LogP contribution is 2.23. The minimum atomic E-state index is -0.517. The molecule has 0 fully saturated rings. The number of aromatic nitrogens is 2. The van der Waals surface area contributed by atoms with Gasteiger partial charge in [0.1, 0.15) is 0 Å². The van der Waals surface area contributed by atoms with Gasteiger partial charge in [-0.1, -0.05) is 12.1 Å². The predicted molar refractivity (Wildman–Crippen MR) is 117 cm³/mol. The van der Waals surface area contributed by atoms with Crippen LogP contribution in [0.2, 0.25) is 0 Å². The molecule has 3 rings (SSSR count). The summed E-state index contributed by atoms with van der Waals surface area (Å²) in [7, 11) is 0. The molecule has 0 saturated heterocycles. The molecule has 3 amide bonds. The number of nitrogens with zero attached hydrogens (tertiary/aromatic N) is 3. The predicted octanol–water partition coefficient (Wildman–Crippen LogP) is 3.84. The van der Waals surface area contributed by atoms with Gasteiger partial charge in [-0.25, -0.2) is 4.79 Å². The summed E-state index contributed by atoms with van der Waals surface area (Å²) in [5.74, 6) is -0.446. The smallest absolute Gasteiger partial charge is 0.321 e. The SMILES string of the molecule is CCN(CC)C(=O)Nc1ccc([C@H](C)NC(=O)c2n[nH]c3ccc([N+](=O)[O-])cc23)cc1. The number of carbonyl (C=O) groups is 2. The summed E-state index contributed by atoms with van der Waals surface area (Å²) in [6, 6.07) is 10.9. The Hall–Kier alpha value is -3.95. The second kappa shape index (κ2) is 9.24. The van der Waals surface area contributed by atoms with Gasteiger partial charge in [-0.05, 0) is 44.5 Å². The Bertz CT molecular complexity index is 1100. The molecule has 0 aliphatic carbocycles. The van der Waals surface area contributed by atoms with Crippen molar-refractivity contribution in [2.24, 2.45) is 0 Å². The molecular formula is C21H24N6O4. The number of H-pyrrole nitrogens is 1. The van der Waals surface area contributed by atoms with Crippen LogP contribution in [0.4, 0.5) is 16.2 Å². The molecule has 0 spiro atoms. The normalized spacial score (nSPS) is 11.7. The van der Waals surface area contributed by atoms with Crippen molar-refractivity contribution >= 4 is 34.2 Å². The van der Waals surface area contributed by atoms with Crippen molar-refractivity contribution in [3.63, 3.8) is 0 Å². The molecule has 0 aliphatic rings. The first-order valence-corrected chi connectivity index (χ1v) is 9.93. The van der Waals surface area contributed by atoms with Crippen molar-refractivity contribution in [3.05, 3.63) is 63.8 Å². The van der Waals surface area contributed by atoms with Crippen LogP contribution in [0.3, 0.4) is 0 Å². The van der Waals surface area contributed by atoms with E-state index in [1.807, 2.05) is 32.9 Å². The third-order valence-corrected chi connectivity index (χ3v) is 5.03. The number of nitro groups is 1. The number of hydrogen-bond donors (Lipinski definition) is 3. The fourth-order valence-corrected chi connectivity index (χ4v) is 3.21. The van der Waals surface area contributed by atoms with E-state index in [1.165, 1.54) is 18.2 Å². The summed E-state index contributed by atoms with van der Waals surface area (Å²) >= 11 is 0. The zero-order chi connectivity index (χ0) is 22.5. The van der Waals surface area contributed by atoms with E-state index in [0.717, 1.165) is 5.56 Å². The third-order valence-electron chi connectivity index (χ3n) is 5.03. The number of nitrogens with one attached hydrogen (secondary N) is 3. The molecule has 3 aromatic rings. The van der Waals surface area contributed by atoms with Crippen LogP contribution < -0.4 is 10.6 Å². The van der Waals surface area contributed by atoms with E-state index in [-0.39, 0.29) is 23.5 Å². The van der Waals surface area contributed by atoms with Gasteiger partial charge in [0.05, 0.1) is 16.5 Å². The lowest BCUT2D eigenvalue weighted by Gasteiger charge is -2.19. The van der Waals surface area contributed by atoms with Crippen LogP contribution in [0.25, 0.3) is 10.9 Å². The van der Waals surface area contributed by atoms with Crippen LogP contribution in [0.15, 0.2) is 42.5 Å². The number of aromatic amines is 1. The van der Waals surface area contributed by atoms with E-state index in [1.54, 1.807) is 17.0 Å². The van der Waals surface area contributed by atoms with E-state index in [0.29, 0.717) is 29.7 Å². The number of amides is 3. The topological polar surface area (TPSA) is 133 Å². The maximum atomic E-state index is 12.7. The highest BCUT2D eigenvalue weighted by Gasteiger charge is 2.19. The summed E-state index contributed by atoms with van der Waals surface area (Å²) in [5.41, 5.74) is 2.01. The van der Waals surface area contributed by atoms with E-state index in [9.17, 15) is 19.7 Å². The number of benzene rings is 2. The molecule has 10 nitrogen and oxygen atoms in total. The Morgan fingerprint density at radius 2 is 1.84 bits per heavy atom. The van der Waals surface area contributed by atoms with E-state index >= 15 is 0 Å². The van der Waals surface area contributed by atoms with Crippen molar-refractivity contribution in [1.82, 2.24) is 20.4 Å². The summed E-state index contributed by atoms with van der Waals surface area (Å²) in [4.78, 5) is 37.0. The molecule has 1 atom stereocenters. The third kappa shape index (κ3) is 4.80. The van der Waals surface area contributed by atoms with Crippen molar-refractivity contribution in [3.8, 4) is 0 Å². The summed E-state index contributed by atoms with van der Waals surface area (Å²) < 4.78 is 0. The molecule has 0 bridgehead atoms. The molecular weight excluding hydrogens is 400 g/mol. The number of nitro benzene ring substituents is 1. The zero-order valence-corrected chi connectivity index (χ0v) is 17.5. The van der Waals surface area contributed by atoms with Crippen LogP contribution in [0, 0.1) is 10.1 Å². The van der Waals surface area contributed by atoms with Crippen molar-refractivity contribution in [2.75, 3.05) is 18.4 Å². The van der Waals surface area contributed by atoms with E-state index < -0.39 is 10.8 Å². The van der Waals surface area contributed by atoms with Gasteiger partial charge in [0.25, 0.3) is 11.6 Å². The van der Waals surface area contributed by atoms with Crippen LogP contribution >= 0.6 is 0 Å². The number of non-ortho nitro benzene ring substituents is 1. The standard InChI is InChI=1S/C21H24N6O4/c1-4-26(5-2)21(29)23-15-8-6-14(7-9-15)13(3)22-20(28)19-17-12-16(27(30)31)10-11-18(17)24-25-19/h6-13H,4-5H2,1-3H3,(H,22,28)(H,23,29)(H,24,25)/t13-/m0/s1. The maximum Gasteiger partial charge on any atom is 0.321 e. The summed E-state index contributed by atoms with van der Waals surface area (Å²) in [6.07, 6.45) is 0. The molecule has 10 heteroatoms. The van der Waals surface area contributed by atoms with Gasteiger partial charge < -0.3 is 15.5 Å². The van der Waals surface area contributed by atoms with Gasteiger partial charge in [0, 0.05) is 36.3 Å². The Balaban J connectivity index is 1.70. The molecule has 0 saturated carbocycles. The largest absolute Gasteiger partial charge is 0.344 e. The minimum Gasteiger partial charge on any atom is -0.344 e. The van der Waals surface area contributed by atoms with Crippen molar-refractivity contribution in [2.45, 2.75) is 26.8 Å². The number of carbonyl (C=O) groups excluding carboxylic acids is 2. The molecule has 1 aromatic heterocycles. The van der Waals surface area contributed by atoms with Gasteiger partial charge in [-0.3, -0.25) is 20.0 Å². The van der Waals surface area contributed by atoms with Gasteiger partial charge in [-0.2, -0.15) is 5.10 Å². The first kappa shape index (κ1) is 21.8. The zero-order valence-electron chi connectivity index (χ0n) is 17.5. The van der Waals surface area contributed by atoms with Gasteiger partial charge in [0.2, 0.25) is 0 Å². The Labute approximate surface area is 178 Å². The van der Waals surface area contributed by atoms with Gasteiger partial charge in [0.15, 0.2) is 5.69 Å². The van der Waals surface area contributed by atoms with E-state index in [4.69, 9.17) is 0 Å². The average molecular weight is 424 g/mol. The monoisotopic (exact) mass is 424 g/mol. The second-order valence-electron chi connectivity index (χ2n) is 6.98. The molecule has 3 N–H and O–H groups in total. The Kier molecular flexibility index (Phi) is 6.49. The van der Waals surface area contributed by atoms with Crippen LogP contribution in [0.5, 0.6) is 0 Å². The Morgan fingerprint density at radius 1 is 1.16 bits per heavy atom. The molecule has 0 unspecified atom stereocenters. The fraction of sp³-hybridized carbons (Fsp3) is 0.286. The highest BCUT2D eigenvalue weighted by atomic mass is 16.6. The number of anilines is 1. The molecule has 2 aromatic carbocycles. The highest BCUT2D eigenvalue weighted by molar-refractivity contribution is 6.05. The molecule has 31 heavy (non-hydrogen) atoms. The van der Waals surface area contributed by atoms with Gasteiger partial charge >= 0.3 is 6.03 Å². The van der Waals surface area contributed by atoms with Crippen molar-refractivity contribution in [1.29, 1.82) is 0 Å². The number of hydrogen-bond acceptors (Lipinski definition) is 5. The summed E-state index contributed by atoms with van der Waals surface area (Å²) in [6.45, 7) is 6.89. The lowest BCUT2D eigenvalue weighted by atomic mass is 10.1. The van der Waals surface area contributed by atoms with Gasteiger partial charge in [-0.15, -0.1) is 0 Å². The number of fused-ring (bicyclic) bond motifs is 1. The number of rotatable bonds is 7. The molecule has 0 aliphatic heterocycles. The first-order valence-electron chi connectivity index (χ1n) is 9.93. The second-order valence-corrected chi connectivity index (χ2v) is 6.98. The lowest BCUT2D eigenvalue weighted by molar-refractivity contribution is -0.384. The number of urea groups is 1. The van der Waals surface area contributed by atoms with Crippen LogP contribution in [-0.2, 0) is 0 Å². The van der Waals surface area contributed by atoms with E-state index in [2.05, 4.69) is 20.8 Å². The molecule has 162 valence electrons. The van der Waals surface area contributed by atoms with Crippen LogP contribution in [0.1, 0.15) is 42.9 Å². The molecule has 1 heterocycles. The lowest BCUT2D eigenvalue weighted by Crippen LogP contribution is -2.34. The fourth-order valence-electron chi connectivity index (χ4n) is 3.21.